The summed E-state index contributed by atoms with van der Waals surface area (Å²) in [5.41, 5.74) is 0.642. The van der Waals surface area contributed by atoms with Crippen LogP contribution in [-0.2, 0) is 0 Å². The zero-order chi connectivity index (χ0) is 13.4. The fourth-order valence-electron chi connectivity index (χ4n) is 1.28. The Morgan fingerprint density at radius 3 is 2.56 bits per heavy atom. The van der Waals surface area contributed by atoms with Crippen molar-refractivity contribution >= 4 is 11.8 Å². The van der Waals surface area contributed by atoms with Crippen molar-refractivity contribution in [3.8, 4) is 11.8 Å². The normalized spacial score (nSPS) is 13.7. The highest BCUT2D eigenvalue weighted by Gasteiger charge is 2.08. The number of benzene rings is 1. The highest BCUT2D eigenvalue weighted by molar-refractivity contribution is 7.99. The first-order valence-corrected chi connectivity index (χ1v) is 7.11. The number of nitriles is 1. The highest BCUT2D eigenvalue weighted by Crippen LogP contribution is 2.16. The van der Waals surface area contributed by atoms with E-state index in [9.17, 15) is 5.11 Å². The maximum absolute atomic E-state index is 9.33. The van der Waals surface area contributed by atoms with Crippen LogP contribution in [-0.4, -0.2) is 28.8 Å². The summed E-state index contributed by atoms with van der Waals surface area (Å²) < 4.78 is 5.56. The lowest BCUT2D eigenvalue weighted by molar-refractivity contribution is 0.196. The lowest BCUT2D eigenvalue weighted by atomic mass is 10.2. The molecule has 1 aromatic carbocycles. The molecule has 0 aliphatic rings. The number of nitrogens with zero attached hydrogens (tertiary/aromatic N) is 1. The highest BCUT2D eigenvalue weighted by atomic mass is 32.2. The van der Waals surface area contributed by atoms with Gasteiger partial charge in [-0.25, -0.2) is 0 Å². The molecule has 0 aliphatic heterocycles. The zero-order valence-electron chi connectivity index (χ0n) is 10.8. The molecule has 0 spiro atoms. The monoisotopic (exact) mass is 265 g/mol. The van der Waals surface area contributed by atoms with E-state index in [0.29, 0.717) is 12.2 Å². The van der Waals surface area contributed by atoms with Crippen LogP contribution in [0.5, 0.6) is 5.75 Å². The number of aliphatic hydroxyl groups excluding tert-OH is 1. The van der Waals surface area contributed by atoms with E-state index in [0.717, 1.165) is 17.9 Å². The van der Waals surface area contributed by atoms with Crippen molar-refractivity contribution in [1.29, 1.82) is 5.26 Å². The van der Waals surface area contributed by atoms with Crippen molar-refractivity contribution < 1.29 is 9.84 Å². The molecule has 4 heteroatoms. The van der Waals surface area contributed by atoms with Gasteiger partial charge in [-0.15, -0.1) is 0 Å². The summed E-state index contributed by atoms with van der Waals surface area (Å²) >= 11 is 1.75. The molecule has 0 radical (unpaired) electrons. The van der Waals surface area contributed by atoms with Gasteiger partial charge in [-0.2, -0.15) is 17.0 Å². The molecule has 2 unspecified atom stereocenters. The Kier molecular flexibility index (Phi) is 6.63. The smallest absolute Gasteiger partial charge is 0.119 e. The number of hydrogen-bond acceptors (Lipinski definition) is 4. The third-order valence-electron chi connectivity index (χ3n) is 2.60. The molecular weight excluding hydrogens is 246 g/mol. The second kappa shape index (κ2) is 8.02. The van der Waals surface area contributed by atoms with Crippen LogP contribution in [0.2, 0.25) is 0 Å². The Morgan fingerprint density at radius 1 is 1.33 bits per heavy atom. The summed E-state index contributed by atoms with van der Waals surface area (Å²) in [7, 11) is 0. The molecule has 18 heavy (non-hydrogen) atoms. The van der Waals surface area contributed by atoms with Crippen molar-refractivity contribution in [1.82, 2.24) is 0 Å². The Hall–Kier alpha value is -1.18. The minimum Gasteiger partial charge on any atom is -0.494 e. The van der Waals surface area contributed by atoms with Gasteiger partial charge in [0.15, 0.2) is 0 Å². The van der Waals surface area contributed by atoms with Gasteiger partial charge in [0.05, 0.1) is 24.3 Å². The van der Waals surface area contributed by atoms with Crippen LogP contribution in [0.15, 0.2) is 24.3 Å². The molecule has 1 N–H and O–H groups in total. The minimum atomic E-state index is -0.269. The van der Waals surface area contributed by atoms with E-state index in [1.54, 1.807) is 23.9 Å². The minimum absolute atomic E-state index is 0.264. The van der Waals surface area contributed by atoms with Crippen molar-refractivity contribution in [3.05, 3.63) is 29.8 Å². The molecule has 0 saturated heterocycles. The fourth-order valence-corrected chi connectivity index (χ4v) is 2.22. The van der Waals surface area contributed by atoms with Gasteiger partial charge in [0, 0.05) is 5.25 Å². The van der Waals surface area contributed by atoms with Gasteiger partial charge in [0.25, 0.3) is 0 Å². The number of aliphatic hydroxyl groups is 1. The average molecular weight is 265 g/mol. The molecule has 98 valence electrons. The van der Waals surface area contributed by atoms with Gasteiger partial charge in [-0.3, -0.25) is 0 Å². The van der Waals surface area contributed by atoms with Crippen molar-refractivity contribution in [2.24, 2.45) is 0 Å². The van der Waals surface area contributed by atoms with Crippen LogP contribution in [0, 0.1) is 11.3 Å². The third kappa shape index (κ3) is 5.44. The first-order chi connectivity index (χ1) is 8.63. The molecular formula is C14H19NO2S. The molecule has 0 heterocycles. The van der Waals surface area contributed by atoms with E-state index in [1.807, 2.05) is 26.0 Å². The third-order valence-corrected chi connectivity index (χ3v) is 4.04. The second-order valence-electron chi connectivity index (χ2n) is 4.15. The van der Waals surface area contributed by atoms with Gasteiger partial charge >= 0.3 is 0 Å². The van der Waals surface area contributed by atoms with Crippen molar-refractivity contribution in [3.63, 3.8) is 0 Å². The average Bonchev–Trinajstić information content (AvgIpc) is 2.38. The van der Waals surface area contributed by atoms with Gasteiger partial charge in [0.1, 0.15) is 5.75 Å². The van der Waals surface area contributed by atoms with Gasteiger partial charge in [-0.05, 0) is 43.4 Å². The van der Waals surface area contributed by atoms with Crippen LogP contribution in [0.4, 0.5) is 0 Å². The number of ether oxygens (including phenoxy) is 1. The molecule has 1 rings (SSSR count). The number of thioether (sulfide) groups is 1. The molecule has 0 fully saturated rings. The van der Waals surface area contributed by atoms with Crippen LogP contribution < -0.4 is 4.74 Å². The standard InChI is InChI=1S/C14H19NO2S/c1-11(16)12(2)18-9-3-8-17-14-6-4-13(10-15)5-7-14/h4-7,11-12,16H,3,8-9H2,1-2H3. The summed E-state index contributed by atoms with van der Waals surface area (Å²) in [5.74, 6) is 1.77. The zero-order valence-corrected chi connectivity index (χ0v) is 11.6. The van der Waals surface area contributed by atoms with E-state index in [-0.39, 0.29) is 11.4 Å². The van der Waals surface area contributed by atoms with E-state index in [2.05, 4.69) is 6.07 Å². The second-order valence-corrected chi connectivity index (χ2v) is 5.64. The Balaban J connectivity index is 2.16. The Morgan fingerprint density at radius 2 is 2.00 bits per heavy atom. The van der Waals surface area contributed by atoms with Crippen LogP contribution in [0.25, 0.3) is 0 Å². The summed E-state index contributed by atoms with van der Waals surface area (Å²) in [6.07, 6.45) is 0.677. The molecule has 0 aliphatic carbocycles. The molecule has 0 saturated carbocycles. The summed E-state index contributed by atoms with van der Waals surface area (Å²) in [4.78, 5) is 0. The summed E-state index contributed by atoms with van der Waals surface area (Å²) in [6.45, 7) is 4.49. The topological polar surface area (TPSA) is 53.2 Å². The molecule has 0 amide bonds. The van der Waals surface area contributed by atoms with Crippen molar-refractivity contribution in [2.75, 3.05) is 12.4 Å². The maximum atomic E-state index is 9.33. The van der Waals surface area contributed by atoms with Gasteiger partial charge < -0.3 is 9.84 Å². The molecule has 3 nitrogen and oxygen atoms in total. The van der Waals surface area contributed by atoms with E-state index >= 15 is 0 Å². The van der Waals surface area contributed by atoms with Crippen LogP contribution in [0.3, 0.4) is 0 Å². The van der Waals surface area contributed by atoms with Crippen LogP contribution >= 0.6 is 11.8 Å². The summed E-state index contributed by atoms with van der Waals surface area (Å²) in [6, 6.07) is 9.19. The lowest BCUT2D eigenvalue weighted by Crippen LogP contribution is -2.16. The maximum Gasteiger partial charge on any atom is 0.119 e. The van der Waals surface area contributed by atoms with Gasteiger partial charge in [0.2, 0.25) is 0 Å². The Bertz CT molecular complexity index is 384. The first-order valence-electron chi connectivity index (χ1n) is 6.06. The quantitative estimate of drug-likeness (QED) is 0.770. The van der Waals surface area contributed by atoms with E-state index < -0.39 is 0 Å². The first kappa shape index (κ1) is 14.9. The van der Waals surface area contributed by atoms with E-state index in [1.165, 1.54) is 0 Å². The number of rotatable bonds is 7. The molecule has 0 aromatic heterocycles. The van der Waals surface area contributed by atoms with Gasteiger partial charge in [-0.1, -0.05) is 6.92 Å². The number of hydrogen-bond donors (Lipinski definition) is 1. The van der Waals surface area contributed by atoms with Crippen LogP contribution in [0.1, 0.15) is 25.8 Å². The van der Waals surface area contributed by atoms with Crippen molar-refractivity contribution in [2.45, 2.75) is 31.6 Å². The Labute approximate surface area is 113 Å². The predicted octanol–water partition coefficient (Wildman–Crippen LogP) is 2.83. The molecule has 0 bridgehead atoms. The van der Waals surface area contributed by atoms with E-state index in [4.69, 9.17) is 10.00 Å². The SMILES string of the molecule is CC(O)C(C)SCCCOc1ccc(C#N)cc1. The largest absolute Gasteiger partial charge is 0.494 e. The summed E-state index contributed by atoms with van der Waals surface area (Å²) in [5, 5.41) is 18.2. The predicted molar refractivity (Wildman–Crippen MR) is 74.9 cm³/mol. The molecule has 2 atom stereocenters. The fraction of sp³-hybridized carbons (Fsp3) is 0.500. The molecule has 1 aromatic rings. The lowest BCUT2D eigenvalue weighted by Gasteiger charge is -2.13.